The fourth-order valence-corrected chi connectivity index (χ4v) is 1.96. The van der Waals surface area contributed by atoms with Crippen LogP contribution in [0.25, 0.3) is 6.08 Å². The topological polar surface area (TPSA) is 0 Å². The van der Waals surface area contributed by atoms with Gasteiger partial charge in [-0.05, 0) is 23.3 Å². The van der Waals surface area contributed by atoms with Crippen LogP contribution in [-0.2, 0) is 0 Å². The van der Waals surface area contributed by atoms with Crippen LogP contribution < -0.4 is 0 Å². The van der Waals surface area contributed by atoms with E-state index in [9.17, 15) is 0 Å². The van der Waals surface area contributed by atoms with Gasteiger partial charge in [-0.1, -0.05) is 40.2 Å². The highest BCUT2D eigenvalue weighted by Crippen LogP contribution is 2.30. The van der Waals surface area contributed by atoms with Crippen molar-refractivity contribution in [1.29, 1.82) is 0 Å². The van der Waals surface area contributed by atoms with Gasteiger partial charge in [0, 0.05) is 11.2 Å². The molecular formula is C10H8Br. The maximum atomic E-state index is 3.48. The number of halogens is 1. The maximum Gasteiger partial charge on any atom is 0.0135 e. The third-order valence-corrected chi connectivity index (χ3v) is 2.70. The first kappa shape index (κ1) is 7.11. The van der Waals surface area contributed by atoms with Crippen LogP contribution in [0, 0.1) is 6.07 Å². The summed E-state index contributed by atoms with van der Waals surface area (Å²) in [5.74, 6) is 0.569. The number of hydrogen-bond donors (Lipinski definition) is 0. The molecule has 0 saturated heterocycles. The van der Waals surface area contributed by atoms with Crippen molar-refractivity contribution in [2.24, 2.45) is 0 Å². The molecule has 1 aliphatic rings. The molecule has 0 fully saturated rings. The lowest BCUT2D eigenvalue weighted by atomic mass is 10.0. The first-order chi connectivity index (χ1) is 5.42. The molecule has 11 heavy (non-hydrogen) atoms. The van der Waals surface area contributed by atoms with Gasteiger partial charge in [-0.15, -0.1) is 0 Å². The van der Waals surface area contributed by atoms with Crippen molar-refractivity contribution >= 4 is 22.0 Å². The summed E-state index contributed by atoms with van der Waals surface area (Å²) in [6, 6.07) is 9.22. The van der Waals surface area contributed by atoms with Gasteiger partial charge in [0.25, 0.3) is 0 Å². The number of fused-ring (bicyclic) bond motifs is 1. The van der Waals surface area contributed by atoms with Gasteiger partial charge in [0.2, 0.25) is 0 Å². The van der Waals surface area contributed by atoms with E-state index in [-0.39, 0.29) is 0 Å². The quantitative estimate of drug-likeness (QED) is 0.622. The zero-order valence-electron chi connectivity index (χ0n) is 6.05. The average molecular weight is 208 g/mol. The minimum Gasteiger partial charge on any atom is -0.0918 e. The molecule has 0 aliphatic heterocycles. The number of rotatable bonds is 1. The lowest BCUT2D eigenvalue weighted by Crippen LogP contribution is -1.92. The Kier molecular flexibility index (Phi) is 1.82. The van der Waals surface area contributed by atoms with Crippen molar-refractivity contribution in [1.82, 2.24) is 0 Å². The van der Waals surface area contributed by atoms with Crippen LogP contribution in [0.2, 0.25) is 0 Å². The van der Waals surface area contributed by atoms with Crippen molar-refractivity contribution in [3.63, 3.8) is 0 Å². The van der Waals surface area contributed by atoms with E-state index in [1.807, 2.05) is 12.1 Å². The van der Waals surface area contributed by atoms with Gasteiger partial charge >= 0.3 is 0 Å². The van der Waals surface area contributed by atoms with Crippen LogP contribution in [0.1, 0.15) is 17.0 Å². The molecule has 1 heteroatoms. The summed E-state index contributed by atoms with van der Waals surface area (Å²) in [5.41, 5.74) is 2.73. The molecule has 0 aromatic heterocycles. The highest BCUT2D eigenvalue weighted by Gasteiger charge is 2.14. The molecule has 0 nitrogen and oxygen atoms in total. The molecule has 0 amide bonds. The molecule has 0 bridgehead atoms. The third kappa shape index (κ3) is 1.14. The minimum absolute atomic E-state index is 0.569. The van der Waals surface area contributed by atoms with Crippen molar-refractivity contribution in [3.8, 4) is 0 Å². The SMILES string of the molecule is BrCC1C=Cc2c[c]ccc21. The lowest BCUT2D eigenvalue weighted by molar-refractivity contribution is 1.02. The monoisotopic (exact) mass is 207 g/mol. The van der Waals surface area contributed by atoms with Crippen LogP contribution >= 0.6 is 15.9 Å². The van der Waals surface area contributed by atoms with Crippen LogP contribution in [0.4, 0.5) is 0 Å². The van der Waals surface area contributed by atoms with Crippen molar-refractivity contribution in [2.75, 3.05) is 5.33 Å². The lowest BCUT2D eigenvalue weighted by Gasteiger charge is -2.04. The molecule has 1 aromatic rings. The molecule has 1 unspecified atom stereocenters. The molecule has 1 radical (unpaired) electrons. The minimum atomic E-state index is 0.569. The summed E-state index contributed by atoms with van der Waals surface area (Å²) in [7, 11) is 0. The van der Waals surface area contributed by atoms with Gasteiger partial charge < -0.3 is 0 Å². The van der Waals surface area contributed by atoms with Gasteiger partial charge in [-0.25, -0.2) is 0 Å². The Morgan fingerprint density at radius 3 is 3.27 bits per heavy atom. The Labute approximate surface area is 75.1 Å². The Bertz CT molecular complexity index is 289. The van der Waals surface area contributed by atoms with Crippen LogP contribution in [0.15, 0.2) is 24.3 Å². The molecule has 0 heterocycles. The van der Waals surface area contributed by atoms with Crippen LogP contribution in [0.5, 0.6) is 0 Å². The van der Waals surface area contributed by atoms with Gasteiger partial charge in [0.15, 0.2) is 0 Å². The Morgan fingerprint density at radius 2 is 2.45 bits per heavy atom. The molecular weight excluding hydrogens is 200 g/mol. The first-order valence-corrected chi connectivity index (χ1v) is 4.78. The van der Waals surface area contributed by atoms with E-state index >= 15 is 0 Å². The fraction of sp³-hybridized carbons (Fsp3) is 0.200. The average Bonchev–Trinajstić information content (AvgIpc) is 2.47. The van der Waals surface area contributed by atoms with Crippen LogP contribution in [0.3, 0.4) is 0 Å². The van der Waals surface area contributed by atoms with Crippen LogP contribution in [-0.4, -0.2) is 5.33 Å². The summed E-state index contributed by atoms with van der Waals surface area (Å²) in [5, 5.41) is 1.01. The number of alkyl halides is 1. The zero-order chi connectivity index (χ0) is 7.68. The number of allylic oxidation sites excluding steroid dienone is 1. The predicted molar refractivity (Wildman–Crippen MR) is 50.8 cm³/mol. The smallest absolute Gasteiger partial charge is 0.0135 e. The standard InChI is InChI=1S/C10H8Br/c11-7-9-6-5-8-3-1-2-4-10(8)9/h2-6,9H,7H2. The summed E-state index contributed by atoms with van der Waals surface area (Å²) >= 11 is 3.48. The molecule has 2 rings (SSSR count). The summed E-state index contributed by atoms with van der Waals surface area (Å²) in [6.45, 7) is 0. The molecule has 55 valence electrons. The molecule has 0 saturated carbocycles. The highest BCUT2D eigenvalue weighted by atomic mass is 79.9. The second-order valence-electron chi connectivity index (χ2n) is 2.67. The van der Waals surface area contributed by atoms with E-state index in [1.54, 1.807) is 0 Å². The van der Waals surface area contributed by atoms with Gasteiger partial charge in [0.1, 0.15) is 0 Å². The largest absolute Gasteiger partial charge is 0.0918 e. The number of hydrogen-bond acceptors (Lipinski definition) is 0. The van der Waals surface area contributed by atoms with E-state index in [1.165, 1.54) is 11.1 Å². The second kappa shape index (κ2) is 2.82. The molecule has 0 spiro atoms. The normalized spacial score (nSPS) is 20.3. The van der Waals surface area contributed by atoms with E-state index < -0.39 is 0 Å². The first-order valence-electron chi connectivity index (χ1n) is 3.66. The van der Waals surface area contributed by atoms with Gasteiger partial charge in [-0.3, -0.25) is 0 Å². The van der Waals surface area contributed by atoms with Crippen molar-refractivity contribution in [3.05, 3.63) is 41.5 Å². The Morgan fingerprint density at radius 1 is 1.55 bits per heavy atom. The predicted octanol–water partition coefficient (Wildman–Crippen LogP) is 2.99. The number of benzene rings is 1. The molecule has 1 aliphatic carbocycles. The van der Waals surface area contributed by atoms with Crippen molar-refractivity contribution < 1.29 is 0 Å². The van der Waals surface area contributed by atoms with E-state index in [2.05, 4.69) is 40.2 Å². The van der Waals surface area contributed by atoms with Gasteiger partial charge in [0.05, 0.1) is 0 Å². The fourth-order valence-electron chi connectivity index (χ4n) is 1.40. The van der Waals surface area contributed by atoms with E-state index in [4.69, 9.17) is 0 Å². The molecule has 0 N–H and O–H groups in total. The van der Waals surface area contributed by atoms with Crippen molar-refractivity contribution in [2.45, 2.75) is 5.92 Å². The maximum absolute atomic E-state index is 3.48. The Hall–Kier alpha value is -0.560. The highest BCUT2D eigenvalue weighted by molar-refractivity contribution is 9.09. The summed E-state index contributed by atoms with van der Waals surface area (Å²) in [4.78, 5) is 0. The third-order valence-electron chi connectivity index (χ3n) is 2.01. The zero-order valence-corrected chi connectivity index (χ0v) is 7.64. The van der Waals surface area contributed by atoms with E-state index in [0.717, 1.165) is 5.33 Å². The Balaban J connectivity index is 2.46. The molecule has 1 atom stereocenters. The summed E-state index contributed by atoms with van der Waals surface area (Å²) in [6.07, 6.45) is 4.39. The summed E-state index contributed by atoms with van der Waals surface area (Å²) < 4.78 is 0. The van der Waals surface area contributed by atoms with E-state index in [0.29, 0.717) is 5.92 Å². The van der Waals surface area contributed by atoms with Gasteiger partial charge in [-0.2, -0.15) is 0 Å². The molecule has 1 aromatic carbocycles. The second-order valence-corrected chi connectivity index (χ2v) is 3.32.